The standard InChI is InChI=1S/C28H28N4O/c1-28(2,19-23-7-4-3-5-8-23)20-33-27-25(31-26-24(32-27)9-6-18-30-26)15-14-21-10-12-22(13-11-21)16-17-29/h3-13,18H,16-17,19-20,29H2,1-2H3. The maximum absolute atomic E-state index is 6.20. The van der Waals surface area contributed by atoms with Crippen LogP contribution in [-0.4, -0.2) is 28.1 Å². The zero-order valence-electron chi connectivity index (χ0n) is 19.1. The normalized spacial score (nSPS) is 11.1. The van der Waals surface area contributed by atoms with Crippen molar-refractivity contribution in [3.05, 3.63) is 95.3 Å². The summed E-state index contributed by atoms with van der Waals surface area (Å²) in [5.74, 6) is 6.76. The summed E-state index contributed by atoms with van der Waals surface area (Å²) in [4.78, 5) is 13.6. The molecule has 2 aromatic heterocycles. The van der Waals surface area contributed by atoms with Gasteiger partial charge in [-0.15, -0.1) is 0 Å². The number of rotatable bonds is 7. The summed E-state index contributed by atoms with van der Waals surface area (Å²) in [6.45, 7) is 5.49. The minimum absolute atomic E-state index is 0.0869. The third-order valence-corrected chi connectivity index (χ3v) is 5.25. The maximum atomic E-state index is 6.20. The summed E-state index contributed by atoms with van der Waals surface area (Å²) >= 11 is 0. The molecule has 5 nitrogen and oxygen atoms in total. The monoisotopic (exact) mass is 436 g/mol. The van der Waals surface area contributed by atoms with Crippen LogP contribution in [0.4, 0.5) is 0 Å². The van der Waals surface area contributed by atoms with Gasteiger partial charge in [-0.25, -0.2) is 15.0 Å². The third kappa shape index (κ3) is 6.15. The van der Waals surface area contributed by atoms with E-state index in [1.165, 1.54) is 11.1 Å². The molecule has 0 amide bonds. The summed E-state index contributed by atoms with van der Waals surface area (Å²) in [5, 5.41) is 0. The summed E-state index contributed by atoms with van der Waals surface area (Å²) in [7, 11) is 0. The highest BCUT2D eigenvalue weighted by Crippen LogP contribution is 2.25. The average molecular weight is 437 g/mol. The van der Waals surface area contributed by atoms with Crippen LogP contribution >= 0.6 is 0 Å². The molecular weight excluding hydrogens is 408 g/mol. The molecule has 0 unspecified atom stereocenters. The van der Waals surface area contributed by atoms with E-state index in [1.807, 2.05) is 42.5 Å². The lowest BCUT2D eigenvalue weighted by Gasteiger charge is -2.24. The number of nitrogens with zero attached hydrogens (tertiary/aromatic N) is 3. The fourth-order valence-corrected chi connectivity index (χ4v) is 3.58. The Morgan fingerprint density at radius 2 is 1.67 bits per heavy atom. The Morgan fingerprint density at radius 3 is 2.42 bits per heavy atom. The second kappa shape index (κ2) is 10.2. The summed E-state index contributed by atoms with van der Waals surface area (Å²) in [6, 6.07) is 22.2. The first-order valence-electron chi connectivity index (χ1n) is 11.1. The van der Waals surface area contributed by atoms with Gasteiger partial charge in [-0.05, 0) is 60.7 Å². The van der Waals surface area contributed by atoms with E-state index < -0.39 is 0 Å². The van der Waals surface area contributed by atoms with Gasteiger partial charge in [-0.1, -0.05) is 62.2 Å². The molecule has 4 aromatic rings. The number of hydrogen-bond acceptors (Lipinski definition) is 5. The lowest BCUT2D eigenvalue weighted by Crippen LogP contribution is -2.24. The Bertz CT molecular complexity index is 1270. The van der Waals surface area contributed by atoms with Crippen molar-refractivity contribution in [1.29, 1.82) is 0 Å². The van der Waals surface area contributed by atoms with Gasteiger partial charge >= 0.3 is 0 Å². The Balaban J connectivity index is 1.58. The average Bonchev–Trinajstić information content (AvgIpc) is 2.82. The van der Waals surface area contributed by atoms with E-state index in [1.54, 1.807) is 6.20 Å². The molecule has 166 valence electrons. The first-order valence-corrected chi connectivity index (χ1v) is 11.1. The summed E-state index contributed by atoms with van der Waals surface area (Å²) in [5.41, 5.74) is 10.6. The van der Waals surface area contributed by atoms with Crippen LogP contribution in [0, 0.1) is 17.3 Å². The Labute approximate surface area is 195 Å². The van der Waals surface area contributed by atoms with Gasteiger partial charge in [0.1, 0.15) is 5.52 Å². The number of aromatic nitrogens is 3. The van der Waals surface area contributed by atoms with Crippen molar-refractivity contribution in [2.24, 2.45) is 11.1 Å². The van der Waals surface area contributed by atoms with E-state index >= 15 is 0 Å². The van der Waals surface area contributed by atoms with E-state index in [2.05, 4.69) is 64.9 Å². The van der Waals surface area contributed by atoms with Gasteiger partial charge < -0.3 is 10.5 Å². The zero-order chi connectivity index (χ0) is 23.1. The van der Waals surface area contributed by atoms with Gasteiger partial charge in [0, 0.05) is 17.2 Å². The van der Waals surface area contributed by atoms with Gasteiger partial charge in [-0.3, -0.25) is 0 Å². The number of nitrogens with two attached hydrogens (primary N) is 1. The molecule has 0 aliphatic carbocycles. The molecule has 2 heterocycles. The van der Waals surface area contributed by atoms with Crippen molar-refractivity contribution < 1.29 is 4.74 Å². The molecule has 33 heavy (non-hydrogen) atoms. The number of fused-ring (bicyclic) bond motifs is 1. The van der Waals surface area contributed by atoms with Crippen LogP contribution < -0.4 is 10.5 Å². The molecule has 0 radical (unpaired) electrons. The van der Waals surface area contributed by atoms with Crippen LogP contribution in [0.25, 0.3) is 11.2 Å². The molecule has 0 bridgehead atoms. The molecule has 4 rings (SSSR count). The number of benzene rings is 2. The zero-order valence-corrected chi connectivity index (χ0v) is 19.1. The number of hydrogen-bond donors (Lipinski definition) is 1. The summed E-state index contributed by atoms with van der Waals surface area (Å²) < 4.78 is 6.20. The van der Waals surface area contributed by atoms with Crippen LogP contribution in [0.15, 0.2) is 72.9 Å². The van der Waals surface area contributed by atoms with Gasteiger partial charge in [0.05, 0.1) is 6.61 Å². The van der Waals surface area contributed by atoms with Gasteiger partial charge in [0.2, 0.25) is 5.88 Å². The minimum Gasteiger partial charge on any atom is -0.475 e. The molecule has 0 aliphatic rings. The van der Waals surface area contributed by atoms with Gasteiger partial charge in [0.15, 0.2) is 11.3 Å². The quantitative estimate of drug-likeness (QED) is 0.430. The van der Waals surface area contributed by atoms with Gasteiger partial charge in [0.25, 0.3) is 0 Å². The lowest BCUT2D eigenvalue weighted by atomic mass is 9.87. The predicted octanol–water partition coefficient (Wildman–Crippen LogP) is 4.57. The van der Waals surface area contributed by atoms with Crippen LogP contribution in [0.1, 0.15) is 36.2 Å². The molecular formula is C28H28N4O. The number of pyridine rings is 1. The van der Waals surface area contributed by atoms with E-state index in [0.717, 1.165) is 18.4 Å². The molecule has 2 N–H and O–H groups in total. The molecule has 0 saturated carbocycles. The highest BCUT2D eigenvalue weighted by molar-refractivity contribution is 5.71. The minimum atomic E-state index is -0.0869. The van der Waals surface area contributed by atoms with Crippen molar-refractivity contribution in [2.45, 2.75) is 26.7 Å². The van der Waals surface area contributed by atoms with Crippen molar-refractivity contribution in [1.82, 2.24) is 15.0 Å². The fraction of sp³-hybridized carbons (Fsp3) is 0.250. The fourth-order valence-electron chi connectivity index (χ4n) is 3.58. The van der Waals surface area contributed by atoms with Crippen LogP contribution in [0.2, 0.25) is 0 Å². The lowest BCUT2D eigenvalue weighted by molar-refractivity contribution is 0.173. The van der Waals surface area contributed by atoms with E-state index in [4.69, 9.17) is 10.5 Å². The van der Waals surface area contributed by atoms with Gasteiger partial charge in [-0.2, -0.15) is 0 Å². The third-order valence-electron chi connectivity index (χ3n) is 5.25. The second-order valence-corrected chi connectivity index (χ2v) is 8.82. The molecule has 0 atom stereocenters. The molecule has 0 fully saturated rings. The smallest absolute Gasteiger partial charge is 0.249 e. The molecule has 0 aliphatic heterocycles. The van der Waals surface area contributed by atoms with Crippen molar-refractivity contribution >= 4 is 11.2 Å². The molecule has 0 spiro atoms. The van der Waals surface area contributed by atoms with Crippen LogP contribution in [-0.2, 0) is 12.8 Å². The topological polar surface area (TPSA) is 73.9 Å². The molecule has 5 heteroatoms. The molecule has 2 aromatic carbocycles. The van der Waals surface area contributed by atoms with Crippen LogP contribution in [0.3, 0.4) is 0 Å². The Morgan fingerprint density at radius 1 is 0.879 bits per heavy atom. The number of ether oxygens (including phenoxy) is 1. The van der Waals surface area contributed by atoms with E-state index in [0.29, 0.717) is 35.9 Å². The Hall–Kier alpha value is -3.75. The second-order valence-electron chi connectivity index (χ2n) is 8.82. The van der Waals surface area contributed by atoms with Crippen LogP contribution in [0.5, 0.6) is 5.88 Å². The largest absolute Gasteiger partial charge is 0.475 e. The summed E-state index contributed by atoms with van der Waals surface area (Å²) in [6.07, 6.45) is 3.45. The first-order chi connectivity index (χ1) is 16.0. The van der Waals surface area contributed by atoms with Crippen molar-refractivity contribution in [3.63, 3.8) is 0 Å². The molecule has 0 saturated heterocycles. The van der Waals surface area contributed by atoms with E-state index in [-0.39, 0.29) is 5.41 Å². The van der Waals surface area contributed by atoms with E-state index in [9.17, 15) is 0 Å². The Kier molecular flexibility index (Phi) is 6.97. The predicted molar refractivity (Wildman–Crippen MR) is 132 cm³/mol. The van der Waals surface area contributed by atoms with Crippen molar-refractivity contribution in [3.8, 4) is 17.7 Å². The van der Waals surface area contributed by atoms with Crippen molar-refractivity contribution in [2.75, 3.05) is 13.2 Å². The highest BCUT2D eigenvalue weighted by atomic mass is 16.5. The maximum Gasteiger partial charge on any atom is 0.249 e. The first kappa shape index (κ1) is 22.4. The SMILES string of the molecule is CC(C)(COc1nc2cccnc2nc1C#Cc1ccc(CCN)cc1)Cc1ccccc1. The highest BCUT2D eigenvalue weighted by Gasteiger charge is 2.21.